The first-order valence-corrected chi connectivity index (χ1v) is 16.5. The number of anilines is 2. The van der Waals surface area contributed by atoms with Gasteiger partial charge in [0, 0.05) is 30.0 Å². The van der Waals surface area contributed by atoms with E-state index in [1.54, 1.807) is 19.1 Å². The van der Waals surface area contributed by atoms with Gasteiger partial charge < -0.3 is 20.9 Å². The van der Waals surface area contributed by atoms with Crippen molar-refractivity contribution in [3.8, 4) is 0 Å². The Morgan fingerprint density at radius 2 is 1.70 bits per heavy atom. The van der Waals surface area contributed by atoms with Crippen molar-refractivity contribution >= 4 is 23.2 Å². The van der Waals surface area contributed by atoms with Crippen molar-refractivity contribution in [2.24, 2.45) is 11.8 Å². The van der Waals surface area contributed by atoms with E-state index in [1.165, 1.54) is 42.9 Å². The summed E-state index contributed by atoms with van der Waals surface area (Å²) in [7, 11) is 0. The number of amides is 2. The predicted octanol–water partition coefficient (Wildman–Crippen LogP) is 7.15. The monoisotopic (exact) mass is 594 g/mol. The van der Waals surface area contributed by atoms with Gasteiger partial charge in [-0.3, -0.25) is 9.59 Å². The number of aryl methyl sites for hydroxylation is 1. The van der Waals surface area contributed by atoms with Gasteiger partial charge in [0.25, 0.3) is 5.91 Å². The first-order valence-electron chi connectivity index (χ1n) is 16.5. The zero-order chi connectivity index (χ0) is 30.2. The van der Waals surface area contributed by atoms with Crippen LogP contribution in [0.2, 0.25) is 0 Å². The zero-order valence-corrected chi connectivity index (χ0v) is 25.6. The summed E-state index contributed by atoms with van der Waals surface area (Å²) in [5.74, 6) is -1.15. The van der Waals surface area contributed by atoms with Crippen molar-refractivity contribution in [1.29, 1.82) is 0 Å². The summed E-state index contributed by atoms with van der Waals surface area (Å²) in [5.41, 5.74) is 6.04. The first kappa shape index (κ1) is 29.0. The molecule has 3 aromatic carbocycles. The molecule has 0 spiro atoms. The number of carbonyl (C=O) groups excluding carboxylic acids is 2. The fourth-order valence-corrected chi connectivity index (χ4v) is 8.34. The number of fused-ring (bicyclic) bond motifs is 2. The van der Waals surface area contributed by atoms with E-state index in [-0.39, 0.29) is 29.3 Å². The van der Waals surface area contributed by atoms with E-state index in [9.17, 15) is 9.59 Å². The molecule has 2 unspecified atom stereocenters. The van der Waals surface area contributed by atoms with Crippen LogP contribution in [0.25, 0.3) is 0 Å². The van der Waals surface area contributed by atoms with Gasteiger partial charge in [0.1, 0.15) is 5.82 Å². The summed E-state index contributed by atoms with van der Waals surface area (Å²) in [6.45, 7) is 3.56. The smallest absolute Gasteiger partial charge is 0.257 e. The molecule has 2 heterocycles. The Hall–Kier alpha value is -3.71. The zero-order valence-electron chi connectivity index (χ0n) is 25.6. The van der Waals surface area contributed by atoms with Crippen molar-refractivity contribution < 1.29 is 14.0 Å². The summed E-state index contributed by atoms with van der Waals surface area (Å²) >= 11 is 0. The fourth-order valence-electron chi connectivity index (χ4n) is 8.34. The van der Waals surface area contributed by atoms with Crippen molar-refractivity contribution in [2.75, 3.05) is 17.2 Å². The molecule has 0 bridgehead atoms. The quantitative estimate of drug-likeness (QED) is 0.284. The lowest BCUT2D eigenvalue weighted by atomic mass is 9.76. The predicted molar refractivity (Wildman–Crippen MR) is 172 cm³/mol. The van der Waals surface area contributed by atoms with Crippen LogP contribution in [0.15, 0.2) is 60.7 Å². The number of hydrogen-bond acceptors (Lipinski definition) is 4. The van der Waals surface area contributed by atoms with Crippen LogP contribution in [0.3, 0.4) is 0 Å². The second-order valence-electron chi connectivity index (χ2n) is 13.3. The van der Waals surface area contributed by atoms with Crippen molar-refractivity contribution in [2.45, 2.75) is 89.4 Å². The summed E-state index contributed by atoms with van der Waals surface area (Å²) < 4.78 is 15.3. The van der Waals surface area contributed by atoms with E-state index in [1.807, 2.05) is 11.0 Å². The Kier molecular flexibility index (Phi) is 8.15. The number of rotatable bonds is 6. The molecule has 4 atom stereocenters. The maximum absolute atomic E-state index is 15.3. The van der Waals surface area contributed by atoms with Crippen molar-refractivity contribution in [3.05, 3.63) is 94.3 Å². The molecule has 3 aromatic rings. The van der Waals surface area contributed by atoms with Crippen LogP contribution in [0, 0.1) is 24.6 Å². The number of halogens is 1. The molecule has 2 aliphatic carbocycles. The van der Waals surface area contributed by atoms with E-state index in [0.717, 1.165) is 55.7 Å². The number of benzene rings is 3. The molecule has 7 rings (SSSR count). The lowest BCUT2D eigenvalue weighted by Crippen LogP contribution is -2.54. The molecule has 2 saturated carbocycles. The Morgan fingerprint density at radius 3 is 2.50 bits per heavy atom. The number of carbonyl (C=O) groups is 2. The molecular formula is C37H43FN4O2. The molecule has 6 nitrogen and oxygen atoms in total. The fraction of sp³-hybridized carbons (Fsp3) is 0.459. The maximum Gasteiger partial charge on any atom is 0.257 e. The highest BCUT2D eigenvalue weighted by molar-refractivity contribution is 5.98. The van der Waals surface area contributed by atoms with Crippen LogP contribution in [0.4, 0.5) is 15.8 Å². The second kappa shape index (κ2) is 12.4. The largest absolute Gasteiger partial charge is 0.382 e. The SMILES string of the molecule is Cc1cccc(F)c1C(=O)N1C2CCC[C@@H]2C[C@H](C(=O)Nc2ccc3c(c2)CCNC3)C1c1ccc(NC2CCCC2)cc1. The molecule has 1 saturated heterocycles. The molecule has 2 amide bonds. The molecule has 44 heavy (non-hydrogen) atoms. The Morgan fingerprint density at radius 1 is 0.909 bits per heavy atom. The van der Waals surface area contributed by atoms with Crippen LogP contribution >= 0.6 is 0 Å². The molecule has 0 aromatic heterocycles. The van der Waals surface area contributed by atoms with Crippen LogP contribution in [0.1, 0.15) is 90.0 Å². The minimum atomic E-state index is -0.505. The van der Waals surface area contributed by atoms with Gasteiger partial charge in [0.05, 0.1) is 17.5 Å². The standard InChI is InChI=1S/C37H43FN4O2/c1-23-6-4-10-32(38)34(23)37(44)42-33-11-5-7-26(33)21-31(36(43)41-30-17-14-27-22-39-19-18-25(27)20-30)35(42)24-12-15-29(16-13-24)40-28-8-2-3-9-28/h4,6,10,12-17,20,26,28,31,33,35,39-40H,2-3,5,7-9,11,18-19,21-22H2,1H3,(H,41,43)/t26-,31+,33?,35?/m1/s1. The molecular weight excluding hydrogens is 551 g/mol. The molecule has 7 heteroatoms. The third-order valence-electron chi connectivity index (χ3n) is 10.6. The number of nitrogens with zero attached hydrogens (tertiary/aromatic N) is 1. The highest BCUT2D eigenvalue weighted by atomic mass is 19.1. The third kappa shape index (κ3) is 5.63. The second-order valence-corrected chi connectivity index (χ2v) is 13.3. The summed E-state index contributed by atoms with van der Waals surface area (Å²) in [5, 5.41) is 10.3. The molecule has 2 aliphatic heterocycles. The molecule has 3 fully saturated rings. The Labute approximate surface area is 259 Å². The van der Waals surface area contributed by atoms with E-state index >= 15 is 4.39 Å². The normalized spacial score (nSPS) is 24.9. The number of piperidine rings is 1. The van der Waals surface area contributed by atoms with Crippen molar-refractivity contribution in [1.82, 2.24) is 10.2 Å². The van der Waals surface area contributed by atoms with E-state index < -0.39 is 17.8 Å². The topological polar surface area (TPSA) is 73.5 Å². The van der Waals surface area contributed by atoms with E-state index in [2.05, 4.69) is 52.3 Å². The minimum absolute atomic E-state index is 0.0249. The lowest BCUT2D eigenvalue weighted by Gasteiger charge is -2.48. The van der Waals surface area contributed by atoms with E-state index in [4.69, 9.17) is 0 Å². The number of likely N-dealkylation sites (tertiary alicyclic amines) is 1. The van der Waals surface area contributed by atoms with Crippen LogP contribution in [-0.4, -0.2) is 35.3 Å². The third-order valence-corrected chi connectivity index (χ3v) is 10.6. The van der Waals surface area contributed by atoms with Gasteiger partial charge in [0.15, 0.2) is 0 Å². The van der Waals surface area contributed by atoms with Gasteiger partial charge in [-0.25, -0.2) is 4.39 Å². The average Bonchev–Trinajstić information content (AvgIpc) is 3.72. The Bertz CT molecular complexity index is 1510. The Balaban J connectivity index is 1.25. The number of hydrogen-bond donors (Lipinski definition) is 3. The number of nitrogens with one attached hydrogen (secondary N) is 3. The van der Waals surface area contributed by atoms with Gasteiger partial charge in [-0.1, -0.05) is 49.6 Å². The van der Waals surface area contributed by atoms with E-state index in [0.29, 0.717) is 18.0 Å². The molecule has 4 aliphatic rings. The van der Waals surface area contributed by atoms with Gasteiger partial charge in [-0.05, 0) is 110 Å². The lowest BCUT2D eigenvalue weighted by molar-refractivity contribution is -0.125. The summed E-state index contributed by atoms with van der Waals surface area (Å²) in [6, 6.07) is 19.2. The van der Waals surface area contributed by atoms with Crippen molar-refractivity contribution in [3.63, 3.8) is 0 Å². The molecule has 3 N–H and O–H groups in total. The molecule has 230 valence electrons. The summed E-state index contributed by atoms with van der Waals surface area (Å²) in [6.07, 6.45) is 9.35. The summed E-state index contributed by atoms with van der Waals surface area (Å²) in [4.78, 5) is 30.7. The van der Waals surface area contributed by atoms with Gasteiger partial charge in [0.2, 0.25) is 5.91 Å². The maximum atomic E-state index is 15.3. The highest BCUT2D eigenvalue weighted by Gasteiger charge is 2.50. The van der Waals surface area contributed by atoms with Gasteiger partial charge in [-0.15, -0.1) is 0 Å². The first-order chi connectivity index (χ1) is 21.5. The van der Waals surface area contributed by atoms with Crippen LogP contribution in [0.5, 0.6) is 0 Å². The average molecular weight is 595 g/mol. The molecule has 0 radical (unpaired) electrons. The minimum Gasteiger partial charge on any atom is -0.382 e. The highest BCUT2D eigenvalue weighted by Crippen LogP contribution is 2.49. The van der Waals surface area contributed by atoms with Crippen LogP contribution in [-0.2, 0) is 17.8 Å². The van der Waals surface area contributed by atoms with Crippen LogP contribution < -0.4 is 16.0 Å². The van der Waals surface area contributed by atoms with Gasteiger partial charge >= 0.3 is 0 Å². The van der Waals surface area contributed by atoms with Gasteiger partial charge in [-0.2, -0.15) is 0 Å².